The smallest absolute Gasteiger partial charge is 0.0619 e. The van der Waals surface area contributed by atoms with Crippen LogP contribution in [0.25, 0.3) is 111 Å². The molecule has 0 spiro atoms. The quantitative estimate of drug-likeness (QED) is 0.153. The fraction of sp³-hybridized carbons (Fsp3) is 0.0169. The minimum atomic E-state index is 1.10. The lowest BCUT2D eigenvalue weighted by Gasteiger charge is -2.21. The molecule has 0 amide bonds. The van der Waals surface area contributed by atoms with Gasteiger partial charge in [-0.1, -0.05) is 152 Å². The maximum Gasteiger partial charge on any atom is 0.0619 e. The summed E-state index contributed by atoms with van der Waals surface area (Å²) in [6, 6.07) is 77.5. The summed E-state index contributed by atoms with van der Waals surface area (Å²) in [6.07, 6.45) is 2.00. The first-order valence-electron chi connectivity index (χ1n) is 21.3. The van der Waals surface area contributed by atoms with Crippen LogP contribution in [0.15, 0.2) is 219 Å². The summed E-state index contributed by atoms with van der Waals surface area (Å²) >= 11 is 0. The van der Waals surface area contributed by atoms with E-state index in [1.807, 2.05) is 6.08 Å². The van der Waals surface area contributed by atoms with E-state index in [-0.39, 0.29) is 0 Å². The molecule has 3 heterocycles. The number of para-hydroxylation sites is 3. The average molecular weight is 792 g/mol. The highest BCUT2D eigenvalue weighted by atomic mass is 15.0. The zero-order valence-electron chi connectivity index (χ0n) is 34.3. The van der Waals surface area contributed by atoms with Crippen molar-refractivity contribution in [3.8, 4) is 50.4 Å². The van der Waals surface area contributed by atoms with Crippen LogP contribution in [0.4, 0.5) is 0 Å². The lowest BCUT2D eigenvalue weighted by Crippen LogP contribution is -2.02. The summed E-state index contributed by atoms with van der Waals surface area (Å²) < 4.78 is 7.32. The van der Waals surface area contributed by atoms with Crippen molar-refractivity contribution in [2.24, 2.45) is 0 Å². The molecular formula is C59H41N3. The number of rotatable bonds is 7. The van der Waals surface area contributed by atoms with Gasteiger partial charge in [0.1, 0.15) is 0 Å². The van der Waals surface area contributed by atoms with Crippen molar-refractivity contribution in [3.05, 3.63) is 230 Å². The summed E-state index contributed by atoms with van der Waals surface area (Å²) in [6.45, 7) is 6.50. The van der Waals surface area contributed by atoms with Crippen LogP contribution in [0, 0.1) is 6.92 Å². The molecule has 0 aliphatic heterocycles. The van der Waals surface area contributed by atoms with Crippen molar-refractivity contribution in [1.29, 1.82) is 0 Å². The molecule has 0 atom stereocenters. The molecule has 62 heavy (non-hydrogen) atoms. The largest absolute Gasteiger partial charge is 0.310 e. The van der Waals surface area contributed by atoms with Crippen molar-refractivity contribution in [2.75, 3.05) is 0 Å². The first-order valence-corrected chi connectivity index (χ1v) is 21.3. The zero-order valence-corrected chi connectivity index (χ0v) is 34.3. The Balaban J connectivity index is 1.23. The molecule has 0 aliphatic rings. The van der Waals surface area contributed by atoms with Crippen molar-refractivity contribution in [3.63, 3.8) is 0 Å². The first kappa shape index (κ1) is 35.8. The molecule has 292 valence electrons. The Morgan fingerprint density at radius 2 is 0.742 bits per heavy atom. The zero-order chi connectivity index (χ0) is 41.3. The van der Waals surface area contributed by atoms with E-state index >= 15 is 0 Å². The molecule has 0 saturated carbocycles. The predicted octanol–water partition coefficient (Wildman–Crippen LogP) is 15.8. The van der Waals surface area contributed by atoms with Crippen molar-refractivity contribution < 1.29 is 0 Å². The van der Waals surface area contributed by atoms with E-state index in [2.05, 4.69) is 240 Å². The van der Waals surface area contributed by atoms with Gasteiger partial charge < -0.3 is 13.7 Å². The molecule has 0 N–H and O–H groups in total. The van der Waals surface area contributed by atoms with Crippen LogP contribution in [0.2, 0.25) is 0 Å². The second kappa shape index (κ2) is 14.3. The Kier molecular flexibility index (Phi) is 8.23. The lowest BCUT2D eigenvalue weighted by molar-refractivity contribution is 1.10. The van der Waals surface area contributed by atoms with E-state index in [1.54, 1.807) is 0 Å². The Bertz CT molecular complexity index is 3580. The molecule has 0 saturated heterocycles. The number of aromatic nitrogens is 3. The van der Waals surface area contributed by atoms with Gasteiger partial charge in [0.05, 0.1) is 33.3 Å². The molecule has 0 unspecified atom stereocenters. The van der Waals surface area contributed by atoms with Crippen LogP contribution in [0.3, 0.4) is 0 Å². The molecule has 3 aromatic heterocycles. The molecule has 9 aromatic carbocycles. The van der Waals surface area contributed by atoms with Crippen LogP contribution in [-0.2, 0) is 0 Å². The molecular weight excluding hydrogens is 751 g/mol. The van der Waals surface area contributed by atoms with Crippen LogP contribution in [0.1, 0.15) is 11.3 Å². The van der Waals surface area contributed by atoms with Crippen molar-refractivity contribution in [1.82, 2.24) is 13.7 Å². The third kappa shape index (κ3) is 5.45. The number of fused-ring (bicyclic) bond motifs is 7. The molecule has 12 rings (SSSR count). The molecule has 0 fully saturated rings. The van der Waals surface area contributed by atoms with E-state index in [0.717, 1.165) is 44.9 Å². The maximum absolute atomic E-state index is 4.30. The summed E-state index contributed by atoms with van der Waals surface area (Å²) in [4.78, 5) is 0. The molecule has 12 aromatic rings. The van der Waals surface area contributed by atoms with Gasteiger partial charge in [0.15, 0.2) is 0 Å². The van der Waals surface area contributed by atoms with Crippen LogP contribution < -0.4 is 0 Å². The van der Waals surface area contributed by atoms with Crippen molar-refractivity contribution in [2.45, 2.75) is 6.92 Å². The first-order chi connectivity index (χ1) is 30.7. The Morgan fingerprint density at radius 3 is 1.24 bits per heavy atom. The van der Waals surface area contributed by atoms with Gasteiger partial charge >= 0.3 is 0 Å². The second-order valence-corrected chi connectivity index (χ2v) is 16.2. The van der Waals surface area contributed by atoms with Crippen molar-refractivity contribution >= 4 is 60.6 Å². The van der Waals surface area contributed by atoms with E-state index in [9.17, 15) is 0 Å². The van der Waals surface area contributed by atoms with Crippen LogP contribution in [-0.4, -0.2) is 13.7 Å². The summed E-state index contributed by atoms with van der Waals surface area (Å²) in [7, 11) is 0. The molecule has 3 heteroatoms. The normalized spacial score (nSPS) is 11.7. The molecule has 0 bridgehead atoms. The third-order valence-electron chi connectivity index (χ3n) is 12.8. The van der Waals surface area contributed by atoms with Gasteiger partial charge in [0, 0.05) is 55.1 Å². The van der Waals surface area contributed by atoms with Gasteiger partial charge in [0.25, 0.3) is 0 Å². The number of hydrogen-bond donors (Lipinski definition) is 0. The minimum Gasteiger partial charge on any atom is -0.310 e. The topological polar surface area (TPSA) is 14.8 Å². The average Bonchev–Trinajstić information content (AvgIpc) is 3.96. The van der Waals surface area contributed by atoms with E-state index in [1.165, 1.54) is 71.3 Å². The van der Waals surface area contributed by atoms with Gasteiger partial charge in [-0.3, -0.25) is 0 Å². The summed E-state index contributed by atoms with van der Waals surface area (Å²) in [5.41, 5.74) is 18.6. The SMILES string of the molecule is C=Cc1c(C)c2ccccc2n1-c1ccc2c(c1)c1cc(-n3c4ccccc4c4ccccc43)ccc1n2-c1c(-c2ccccc2)cc(-c2ccccc2)cc1-c1ccccc1. The third-order valence-corrected chi connectivity index (χ3v) is 12.8. The Labute approximate surface area is 360 Å². The van der Waals surface area contributed by atoms with E-state index < -0.39 is 0 Å². The number of aryl methyl sites for hydroxylation is 1. The molecule has 3 nitrogen and oxygen atoms in total. The summed E-state index contributed by atoms with van der Waals surface area (Å²) in [5.74, 6) is 0. The number of benzene rings is 9. The fourth-order valence-electron chi connectivity index (χ4n) is 10.0. The van der Waals surface area contributed by atoms with E-state index in [0.29, 0.717) is 0 Å². The van der Waals surface area contributed by atoms with Gasteiger partial charge in [-0.25, -0.2) is 0 Å². The molecule has 0 aliphatic carbocycles. The van der Waals surface area contributed by atoms with Crippen LogP contribution in [0.5, 0.6) is 0 Å². The van der Waals surface area contributed by atoms with Gasteiger partial charge in [-0.2, -0.15) is 0 Å². The standard InChI is InChI=1S/C59H41N3/c1-3-53-39(2)46-25-13-16-28-54(46)60(53)44-31-33-57-51(37-44)52-38-45(61-55-29-17-14-26-47(55)48-27-15-18-30-56(48)61)32-34-58(52)62(57)59-49(41-21-9-5-10-22-41)35-43(40-19-7-4-8-20-40)36-50(59)42-23-11-6-12-24-42/h3-38H,1H2,2H3. The molecule has 0 radical (unpaired) electrons. The predicted molar refractivity (Wildman–Crippen MR) is 263 cm³/mol. The van der Waals surface area contributed by atoms with Gasteiger partial charge in [-0.05, 0) is 108 Å². The van der Waals surface area contributed by atoms with Gasteiger partial charge in [-0.15, -0.1) is 0 Å². The highest BCUT2D eigenvalue weighted by Crippen LogP contribution is 2.45. The maximum atomic E-state index is 4.30. The minimum absolute atomic E-state index is 1.10. The fourth-order valence-corrected chi connectivity index (χ4v) is 10.0. The van der Waals surface area contributed by atoms with Crippen LogP contribution >= 0.6 is 0 Å². The second-order valence-electron chi connectivity index (χ2n) is 16.2. The Hall–Kier alpha value is -8.14. The Morgan fingerprint density at radius 1 is 0.339 bits per heavy atom. The summed E-state index contributed by atoms with van der Waals surface area (Å²) in [5, 5.41) is 6.09. The van der Waals surface area contributed by atoms with E-state index in [4.69, 9.17) is 0 Å². The van der Waals surface area contributed by atoms with Gasteiger partial charge in [0.2, 0.25) is 0 Å². The lowest BCUT2D eigenvalue weighted by atomic mass is 9.90. The monoisotopic (exact) mass is 791 g/mol. The number of hydrogen-bond acceptors (Lipinski definition) is 0. The number of nitrogens with zero attached hydrogens (tertiary/aromatic N) is 3. The highest BCUT2D eigenvalue weighted by molar-refractivity contribution is 6.14. The highest BCUT2D eigenvalue weighted by Gasteiger charge is 2.24.